The molecule has 0 fully saturated rings. The fourth-order valence-corrected chi connectivity index (χ4v) is 2.28. The van der Waals surface area contributed by atoms with Crippen molar-refractivity contribution in [3.05, 3.63) is 59.7 Å². The lowest BCUT2D eigenvalue weighted by Gasteiger charge is -2.20. The maximum Gasteiger partial charge on any atom is 0.229 e. The number of anilines is 1. The van der Waals surface area contributed by atoms with Crippen molar-refractivity contribution in [3.8, 4) is 5.75 Å². The van der Waals surface area contributed by atoms with E-state index in [4.69, 9.17) is 5.73 Å². The second-order valence-corrected chi connectivity index (χ2v) is 5.42. The minimum Gasteiger partial charge on any atom is -0.506 e. The van der Waals surface area contributed by atoms with Crippen LogP contribution in [0.25, 0.3) is 0 Å². The van der Waals surface area contributed by atoms with Crippen LogP contribution in [0, 0.1) is 5.92 Å². The standard InChI is InChI=1S/C18H22N2O2.ClH/c1-3-13-9-10-16(21)15(11-13)20-18(22)12(2)17(19)14-7-5-4-6-8-14;/h4-12,17,21H,3,19H2,1-2H3,(H,20,22);1H. The van der Waals surface area contributed by atoms with Gasteiger partial charge in [0.2, 0.25) is 5.91 Å². The number of amides is 1. The van der Waals surface area contributed by atoms with E-state index in [1.54, 1.807) is 19.1 Å². The van der Waals surface area contributed by atoms with Crippen LogP contribution in [0.1, 0.15) is 31.0 Å². The van der Waals surface area contributed by atoms with Crippen molar-refractivity contribution >= 4 is 24.0 Å². The number of hydrogen-bond acceptors (Lipinski definition) is 3. The number of carbonyl (C=O) groups is 1. The Hall–Kier alpha value is -2.04. The molecule has 124 valence electrons. The second kappa shape index (κ2) is 8.56. The van der Waals surface area contributed by atoms with E-state index in [0.29, 0.717) is 5.69 Å². The third kappa shape index (κ3) is 4.71. The first-order valence-electron chi connectivity index (χ1n) is 7.46. The summed E-state index contributed by atoms with van der Waals surface area (Å²) in [6, 6.07) is 14.3. The molecule has 0 saturated heterocycles. The monoisotopic (exact) mass is 334 g/mol. The molecule has 0 aliphatic carbocycles. The first kappa shape index (κ1) is 19.0. The van der Waals surface area contributed by atoms with Gasteiger partial charge >= 0.3 is 0 Å². The van der Waals surface area contributed by atoms with Gasteiger partial charge in [0.1, 0.15) is 5.75 Å². The van der Waals surface area contributed by atoms with E-state index in [1.165, 1.54) is 0 Å². The zero-order valence-electron chi connectivity index (χ0n) is 13.3. The fourth-order valence-electron chi connectivity index (χ4n) is 2.28. The Morgan fingerprint density at radius 3 is 2.48 bits per heavy atom. The molecule has 2 unspecified atom stereocenters. The zero-order chi connectivity index (χ0) is 16.1. The smallest absolute Gasteiger partial charge is 0.229 e. The molecule has 2 aromatic carbocycles. The molecule has 2 aromatic rings. The van der Waals surface area contributed by atoms with E-state index in [1.807, 2.05) is 43.3 Å². The van der Waals surface area contributed by atoms with Crippen molar-refractivity contribution in [2.75, 3.05) is 5.32 Å². The van der Waals surface area contributed by atoms with E-state index < -0.39 is 12.0 Å². The van der Waals surface area contributed by atoms with Crippen LogP contribution < -0.4 is 11.1 Å². The Bertz CT molecular complexity index is 647. The summed E-state index contributed by atoms with van der Waals surface area (Å²) in [5, 5.41) is 12.6. The highest BCUT2D eigenvalue weighted by atomic mass is 35.5. The minimum atomic E-state index is -0.410. The Balaban J connectivity index is 0.00000264. The number of nitrogens with two attached hydrogens (primary N) is 1. The topological polar surface area (TPSA) is 75.3 Å². The molecule has 1 amide bonds. The van der Waals surface area contributed by atoms with E-state index in [0.717, 1.165) is 17.5 Å². The van der Waals surface area contributed by atoms with E-state index in [9.17, 15) is 9.90 Å². The van der Waals surface area contributed by atoms with Crippen LogP contribution in [0.5, 0.6) is 5.75 Å². The molecule has 4 N–H and O–H groups in total. The predicted octanol–water partition coefficient (Wildman–Crippen LogP) is 3.65. The number of aromatic hydroxyl groups is 1. The summed E-state index contributed by atoms with van der Waals surface area (Å²) in [5.41, 5.74) is 8.55. The van der Waals surface area contributed by atoms with Gasteiger partial charge in [-0.2, -0.15) is 0 Å². The second-order valence-electron chi connectivity index (χ2n) is 5.42. The maximum atomic E-state index is 12.4. The Morgan fingerprint density at radius 2 is 1.87 bits per heavy atom. The number of phenols is 1. The lowest BCUT2D eigenvalue weighted by Crippen LogP contribution is -2.30. The average Bonchev–Trinajstić information content (AvgIpc) is 2.56. The Kier molecular flexibility index (Phi) is 7.07. The van der Waals surface area contributed by atoms with Crippen LogP contribution in [0.2, 0.25) is 0 Å². The highest BCUT2D eigenvalue weighted by Gasteiger charge is 2.22. The number of phenolic OH excluding ortho intramolecular Hbond substituents is 1. The molecule has 0 aliphatic heterocycles. The molecule has 0 aliphatic rings. The van der Waals surface area contributed by atoms with Gasteiger partial charge in [-0.3, -0.25) is 4.79 Å². The summed E-state index contributed by atoms with van der Waals surface area (Å²) in [6.45, 7) is 3.81. The normalized spacial score (nSPS) is 12.8. The minimum absolute atomic E-state index is 0. The molecule has 0 aromatic heterocycles. The Morgan fingerprint density at radius 1 is 1.22 bits per heavy atom. The summed E-state index contributed by atoms with van der Waals surface area (Å²) in [6.07, 6.45) is 0.836. The summed E-state index contributed by atoms with van der Waals surface area (Å²) < 4.78 is 0. The zero-order valence-corrected chi connectivity index (χ0v) is 14.1. The fraction of sp³-hybridized carbons (Fsp3) is 0.278. The van der Waals surface area contributed by atoms with Gasteiger partial charge < -0.3 is 16.2 Å². The number of aryl methyl sites for hydroxylation is 1. The summed E-state index contributed by atoms with van der Waals surface area (Å²) >= 11 is 0. The molecule has 23 heavy (non-hydrogen) atoms. The summed E-state index contributed by atoms with van der Waals surface area (Å²) in [7, 11) is 0. The van der Waals surface area contributed by atoms with Crippen LogP contribution in [0.15, 0.2) is 48.5 Å². The highest BCUT2D eigenvalue weighted by molar-refractivity contribution is 5.94. The summed E-state index contributed by atoms with van der Waals surface area (Å²) in [4.78, 5) is 12.4. The van der Waals surface area contributed by atoms with E-state index in [2.05, 4.69) is 5.32 Å². The number of hydrogen-bond donors (Lipinski definition) is 3. The molecule has 5 heteroatoms. The molecule has 0 spiro atoms. The number of nitrogens with one attached hydrogen (secondary N) is 1. The van der Waals surface area contributed by atoms with Gasteiger partial charge in [0.25, 0.3) is 0 Å². The molecule has 2 atom stereocenters. The quantitative estimate of drug-likeness (QED) is 0.730. The van der Waals surface area contributed by atoms with Crippen molar-refractivity contribution in [2.45, 2.75) is 26.3 Å². The van der Waals surface area contributed by atoms with E-state index in [-0.39, 0.29) is 24.1 Å². The van der Waals surface area contributed by atoms with Crippen LogP contribution in [-0.2, 0) is 11.2 Å². The Labute approximate surface area is 143 Å². The van der Waals surface area contributed by atoms with E-state index >= 15 is 0 Å². The number of rotatable bonds is 5. The van der Waals surface area contributed by atoms with Gasteiger partial charge in [-0.25, -0.2) is 0 Å². The largest absolute Gasteiger partial charge is 0.506 e. The van der Waals surface area contributed by atoms with Gasteiger partial charge in [-0.1, -0.05) is 50.2 Å². The van der Waals surface area contributed by atoms with Gasteiger partial charge in [-0.15, -0.1) is 12.4 Å². The van der Waals surface area contributed by atoms with Crippen LogP contribution in [0.4, 0.5) is 5.69 Å². The molecular weight excluding hydrogens is 312 g/mol. The number of carbonyl (C=O) groups excluding carboxylic acids is 1. The average molecular weight is 335 g/mol. The lowest BCUT2D eigenvalue weighted by molar-refractivity contribution is -0.120. The van der Waals surface area contributed by atoms with Crippen molar-refractivity contribution in [2.24, 2.45) is 11.7 Å². The van der Waals surface area contributed by atoms with Gasteiger partial charge in [0, 0.05) is 6.04 Å². The molecule has 2 rings (SSSR count). The SMILES string of the molecule is CCc1ccc(O)c(NC(=O)C(C)C(N)c2ccccc2)c1.Cl. The summed E-state index contributed by atoms with van der Waals surface area (Å²) in [5.74, 6) is -0.557. The molecular formula is C18H23ClN2O2. The third-order valence-corrected chi connectivity index (χ3v) is 3.86. The van der Waals surface area contributed by atoms with Crippen molar-refractivity contribution in [1.29, 1.82) is 0 Å². The maximum absolute atomic E-state index is 12.4. The molecule has 0 heterocycles. The molecule has 0 bridgehead atoms. The number of benzene rings is 2. The van der Waals surface area contributed by atoms with Crippen molar-refractivity contribution < 1.29 is 9.90 Å². The van der Waals surface area contributed by atoms with Crippen molar-refractivity contribution in [3.63, 3.8) is 0 Å². The molecule has 4 nitrogen and oxygen atoms in total. The first-order chi connectivity index (χ1) is 10.5. The van der Waals surface area contributed by atoms with Crippen molar-refractivity contribution in [1.82, 2.24) is 0 Å². The predicted molar refractivity (Wildman–Crippen MR) is 95.9 cm³/mol. The first-order valence-corrected chi connectivity index (χ1v) is 7.46. The lowest BCUT2D eigenvalue weighted by atomic mass is 9.94. The van der Waals surface area contributed by atoms with Crippen LogP contribution in [-0.4, -0.2) is 11.0 Å². The van der Waals surface area contributed by atoms with Gasteiger partial charge in [0.05, 0.1) is 11.6 Å². The van der Waals surface area contributed by atoms with Crippen LogP contribution >= 0.6 is 12.4 Å². The third-order valence-electron chi connectivity index (χ3n) is 3.86. The number of halogens is 1. The van der Waals surface area contributed by atoms with Gasteiger partial charge in [-0.05, 0) is 29.7 Å². The highest BCUT2D eigenvalue weighted by Crippen LogP contribution is 2.27. The van der Waals surface area contributed by atoms with Gasteiger partial charge in [0.15, 0.2) is 0 Å². The van der Waals surface area contributed by atoms with Crippen LogP contribution in [0.3, 0.4) is 0 Å². The molecule has 0 radical (unpaired) electrons. The molecule has 0 saturated carbocycles.